The number of ether oxygens (including phenoxy) is 1. The first-order chi connectivity index (χ1) is 8.88. The minimum Gasteiger partial charge on any atom is -0.477 e. The van der Waals surface area contributed by atoms with Crippen LogP contribution in [0.2, 0.25) is 0 Å². The lowest BCUT2D eigenvalue weighted by Gasteiger charge is -2.23. The monoisotopic (exact) mass is 269 g/mol. The number of anilines is 1. The van der Waals surface area contributed by atoms with Crippen molar-refractivity contribution in [3.63, 3.8) is 0 Å². The molecule has 1 heterocycles. The lowest BCUT2D eigenvalue weighted by molar-refractivity contribution is 0.0696. The predicted octanol–water partition coefficient (Wildman–Crippen LogP) is 1.90. The number of hydrogen-bond acceptors (Lipinski definition) is 4. The Morgan fingerprint density at radius 2 is 2.16 bits per heavy atom. The Bertz CT molecular complexity index is 441. The highest BCUT2D eigenvalue weighted by atomic mass is 16.5. The first kappa shape index (κ1) is 15.5. The highest BCUT2D eigenvalue weighted by Gasteiger charge is 2.23. The second kappa shape index (κ2) is 6.56. The first-order valence-electron chi connectivity index (χ1n) is 6.49. The van der Waals surface area contributed by atoms with Gasteiger partial charge >= 0.3 is 5.97 Å². The summed E-state index contributed by atoms with van der Waals surface area (Å²) >= 11 is 0. The largest absolute Gasteiger partial charge is 0.477 e. The van der Waals surface area contributed by atoms with Crippen LogP contribution < -0.4 is 5.32 Å². The molecule has 0 aliphatic heterocycles. The average Bonchev–Trinajstić information content (AvgIpc) is 2.58. The third kappa shape index (κ3) is 3.70. The van der Waals surface area contributed by atoms with E-state index in [1.807, 2.05) is 6.92 Å². The van der Waals surface area contributed by atoms with Gasteiger partial charge in [0.25, 0.3) is 0 Å². The maximum absolute atomic E-state index is 11.3. The average molecular weight is 269 g/mol. The molecule has 0 aromatic carbocycles. The normalized spacial score (nSPS) is 12.7. The van der Waals surface area contributed by atoms with Crippen molar-refractivity contribution in [1.29, 1.82) is 0 Å². The fourth-order valence-electron chi connectivity index (χ4n) is 1.90. The van der Waals surface area contributed by atoms with Gasteiger partial charge in [-0.25, -0.2) is 4.79 Å². The van der Waals surface area contributed by atoms with Gasteiger partial charge in [0.1, 0.15) is 11.4 Å². The minimum absolute atomic E-state index is 0.0489. The summed E-state index contributed by atoms with van der Waals surface area (Å²) < 4.78 is 7.01. The molecule has 19 heavy (non-hydrogen) atoms. The van der Waals surface area contributed by atoms with E-state index in [9.17, 15) is 9.90 Å². The molecule has 1 atom stereocenters. The smallest absolute Gasteiger partial charge is 0.341 e. The summed E-state index contributed by atoms with van der Waals surface area (Å²) in [6.07, 6.45) is 0. The van der Waals surface area contributed by atoms with Gasteiger partial charge in [-0.3, -0.25) is 4.68 Å². The van der Waals surface area contributed by atoms with Crippen molar-refractivity contribution in [1.82, 2.24) is 9.78 Å². The Hall–Kier alpha value is -1.56. The maximum atomic E-state index is 11.3. The molecule has 0 saturated heterocycles. The molecule has 0 amide bonds. The van der Waals surface area contributed by atoms with Crippen molar-refractivity contribution in [2.45, 2.75) is 33.7 Å². The summed E-state index contributed by atoms with van der Waals surface area (Å²) in [4.78, 5) is 11.3. The van der Waals surface area contributed by atoms with Gasteiger partial charge in [-0.05, 0) is 19.8 Å². The summed E-state index contributed by atoms with van der Waals surface area (Å²) in [5.74, 6) is -0.112. The van der Waals surface area contributed by atoms with Crippen LogP contribution in [0.1, 0.15) is 36.8 Å². The summed E-state index contributed by atoms with van der Waals surface area (Å²) in [5, 5.41) is 16.7. The lowest BCUT2D eigenvalue weighted by atomic mass is 10.1. The van der Waals surface area contributed by atoms with E-state index in [1.165, 1.54) is 0 Å². The molecule has 1 rings (SSSR count). The molecule has 6 nitrogen and oxygen atoms in total. The zero-order valence-electron chi connectivity index (χ0n) is 12.2. The molecule has 108 valence electrons. The van der Waals surface area contributed by atoms with Crippen LogP contribution in [0.15, 0.2) is 0 Å². The number of aryl methyl sites for hydroxylation is 2. The Balaban J connectivity index is 2.98. The molecule has 0 spiro atoms. The fraction of sp³-hybridized carbons (Fsp3) is 0.692. The summed E-state index contributed by atoms with van der Waals surface area (Å²) in [7, 11) is 1.74. The maximum Gasteiger partial charge on any atom is 0.341 e. The van der Waals surface area contributed by atoms with Crippen molar-refractivity contribution in [2.24, 2.45) is 13.0 Å². The number of hydrogen-bond donors (Lipinski definition) is 2. The van der Waals surface area contributed by atoms with Crippen molar-refractivity contribution in [2.75, 3.05) is 18.5 Å². The Morgan fingerprint density at radius 1 is 1.53 bits per heavy atom. The Morgan fingerprint density at radius 3 is 2.63 bits per heavy atom. The molecule has 0 saturated carbocycles. The van der Waals surface area contributed by atoms with Crippen LogP contribution in [-0.4, -0.2) is 40.1 Å². The van der Waals surface area contributed by atoms with Gasteiger partial charge in [-0.2, -0.15) is 5.10 Å². The summed E-state index contributed by atoms with van der Waals surface area (Å²) in [6, 6.07) is 0.0489. The Kier molecular flexibility index (Phi) is 5.35. The minimum atomic E-state index is -0.966. The van der Waals surface area contributed by atoms with Gasteiger partial charge in [-0.1, -0.05) is 13.8 Å². The van der Waals surface area contributed by atoms with Gasteiger partial charge in [0.05, 0.1) is 18.3 Å². The third-order valence-electron chi connectivity index (χ3n) is 3.06. The van der Waals surface area contributed by atoms with Crippen molar-refractivity contribution < 1.29 is 14.6 Å². The number of aromatic carboxylic acids is 1. The molecule has 0 aliphatic carbocycles. The molecule has 0 fully saturated rings. The highest BCUT2D eigenvalue weighted by Crippen LogP contribution is 2.21. The first-order valence-corrected chi connectivity index (χ1v) is 6.49. The van der Waals surface area contributed by atoms with Crippen molar-refractivity contribution >= 4 is 11.8 Å². The van der Waals surface area contributed by atoms with Crippen LogP contribution in [-0.2, 0) is 11.8 Å². The van der Waals surface area contributed by atoms with Gasteiger partial charge in [-0.15, -0.1) is 0 Å². The molecule has 1 unspecified atom stereocenters. The van der Waals surface area contributed by atoms with Crippen LogP contribution >= 0.6 is 0 Å². The zero-order valence-corrected chi connectivity index (χ0v) is 12.2. The van der Waals surface area contributed by atoms with Crippen molar-refractivity contribution in [3.8, 4) is 0 Å². The standard InChI is InChI=1S/C13H23N3O3/c1-6-19-7-10(8(2)3)14-12-11(13(17)18)9(4)15-16(12)5/h8,10,14H,6-7H2,1-5H3,(H,17,18). The summed E-state index contributed by atoms with van der Waals surface area (Å²) in [5.41, 5.74) is 0.737. The number of rotatable bonds is 7. The highest BCUT2D eigenvalue weighted by molar-refractivity contribution is 5.94. The SMILES string of the molecule is CCOCC(Nc1c(C(=O)O)c(C)nn1C)C(C)C. The molecule has 1 aromatic rings. The van der Waals surface area contributed by atoms with Gasteiger partial charge in [0, 0.05) is 13.7 Å². The molecular formula is C13H23N3O3. The van der Waals surface area contributed by atoms with Crippen LogP contribution in [0.25, 0.3) is 0 Å². The molecule has 6 heteroatoms. The molecule has 2 N–H and O–H groups in total. The number of nitrogens with one attached hydrogen (secondary N) is 1. The van der Waals surface area contributed by atoms with Crippen LogP contribution in [0.3, 0.4) is 0 Å². The second-order valence-electron chi connectivity index (χ2n) is 4.89. The van der Waals surface area contributed by atoms with E-state index in [4.69, 9.17) is 4.74 Å². The van der Waals surface area contributed by atoms with Gasteiger partial charge < -0.3 is 15.2 Å². The molecule has 0 aliphatic rings. The third-order valence-corrected chi connectivity index (χ3v) is 3.06. The van der Waals surface area contributed by atoms with Crippen molar-refractivity contribution in [3.05, 3.63) is 11.3 Å². The van der Waals surface area contributed by atoms with E-state index in [0.29, 0.717) is 30.6 Å². The van der Waals surface area contributed by atoms with Gasteiger partial charge in [0.2, 0.25) is 0 Å². The molecule has 0 radical (unpaired) electrons. The number of nitrogens with zero attached hydrogens (tertiary/aromatic N) is 2. The molecule has 1 aromatic heterocycles. The number of carbonyl (C=O) groups is 1. The molecular weight excluding hydrogens is 246 g/mol. The Labute approximate surface area is 113 Å². The topological polar surface area (TPSA) is 76.4 Å². The van der Waals surface area contributed by atoms with Crippen LogP contribution in [0, 0.1) is 12.8 Å². The van der Waals surface area contributed by atoms with Crippen LogP contribution in [0.4, 0.5) is 5.82 Å². The van der Waals surface area contributed by atoms with E-state index in [0.717, 1.165) is 0 Å². The fourth-order valence-corrected chi connectivity index (χ4v) is 1.90. The molecule has 0 bridgehead atoms. The van der Waals surface area contributed by atoms with E-state index in [-0.39, 0.29) is 11.6 Å². The number of carboxylic acid groups (broad SMARTS) is 1. The predicted molar refractivity (Wildman–Crippen MR) is 73.6 cm³/mol. The zero-order chi connectivity index (χ0) is 14.6. The van der Waals surface area contributed by atoms with Crippen LogP contribution in [0.5, 0.6) is 0 Å². The van der Waals surface area contributed by atoms with Gasteiger partial charge in [0.15, 0.2) is 0 Å². The summed E-state index contributed by atoms with van der Waals surface area (Å²) in [6.45, 7) is 8.95. The lowest BCUT2D eigenvalue weighted by Crippen LogP contribution is -2.32. The number of carboxylic acids is 1. The second-order valence-corrected chi connectivity index (χ2v) is 4.89. The van der Waals surface area contributed by atoms with E-state index in [2.05, 4.69) is 24.3 Å². The van der Waals surface area contributed by atoms with E-state index in [1.54, 1.807) is 18.7 Å². The van der Waals surface area contributed by atoms with E-state index >= 15 is 0 Å². The van der Waals surface area contributed by atoms with E-state index < -0.39 is 5.97 Å². The number of aromatic nitrogens is 2. The quantitative estimate of drug-likeness (QED) is 0.790.